The van der Waals surface area contributed by atoms with Crippen LogP contribution in [0.1, 0.15) is 121 Å². The predicted molar refractivity (Wildman–Crippen MR) is 133 cm³/mol. The van der Waals surface area contributed by atoms with Crippen LogP contribution < -0.4 is 0 Å². The molecule has 0 amide bonds. The van der Waals surface area contributed by atoms with Crippen molar-refractivity contribution in [3.63, 3.8) is 0 Å². The summed E-state index contributed by atoms with van der Waals surface area (Å²) in [5.74, 6) is 1.69. The molecule has 0 heterocycles. The van der Waals surface area contributed by atoms with Crippen LogP contribution in [0.5, 0.6) is 11.5 Å². The van der Waals surface area contributed by atoms with Crippen molar-refractivity contribution in [2.75, 3.05) is 0 Å². The minimum absolute atomic E-state index is 0.0313. The molecule has 2 aromatic rings. The number of phenolic OH excluding ortho intramolecular Hbond substituents is 2. The third-order valence-corrected chi connectivity index (χ3v) is 9.12. The van der Waals surface area contributed by atoms with E-state index in [1.54, 1.807) is 0 Å². The SMILES string of the molecule is CC(C)c1cc(C23CC4CC(C2)CC(c2cc(C=O)c(O)c(C(C)C)c2)(C4)C3)cc(C=O)c1O. The number of phenols is 2. The van der Waals surface area contributed by atoms with E-state index in [1.807, 2.05) is 12.1 Å². The number of hydrogen-bond acceptors (Lipinski definition) is 4. The summed E-state index contributed by atoms with van der Waals surface area (Å²) in [7, 11) is 0. The van der Waals surface area contributed by atoms with Crippen LogP contribution in [0.2, 0.25) is 0 Å². The topological polar surface area (TPSA) is 74.6 Å². The van der Waals surface area contributed by atoms with Gasteiger partial charge < -0.3 is 10.2 Å². The van der Waals surface area contributed by atoms with Gasteiger partial charge >= 0.3 is 0 Å². The van der Waals surface area contributed by atoms with Crippen molar-refractivity contribution in [1.29, 1.82) is 0 Å². The van der Waals surface area contributed by atoms with Crippen molar-refractivity contribution in [2.24, 2.45) is 11.8 Å². The molecular weight excluding hydrogens is 424 g/mol. The maximum absolute atomic E-state index is 11.9. The van der Waals surface area contributed by atoms with Crippen molar-refractivity contribution in [3.8, 4) is 11.5 Å². The maximum Gasteiger partial charge on any atom is 0.153 e. The van der Waals surface area contributed by atoms with Crippen LogP contribution >= 0.6 is 0 Å². The molecule has 4 saturated carbocycles. The van der Waals surface area contributed by atoms with Crippen molar-refractivity contribution in [3.05, 3.63) is 57.6 Å². The Balaban J connectivity index is 1.66. The number of rotatable bonds is 6. The lowest BCUT2D eigenvalue weighted by atomic mass is 9.41. The molecule has 0 spiro atoms. The van der Waals surface area contributed by atoms with E-state index in [9.17, 15) is 19.8 Å². The highest BCUT2D eigenvalue weighted by atomic mass is 16.3. The summed E-state index contributed by atoms with van der Waals surface area (Å²) in [6.45, 7) is 8.22. The van der Waals surface area contributed by atoms with Crippen LogP contribution in [-0.2, 0) is 10.8 Å². The number of carbonyl (C=O) groups excluding carboxylic acids is 2. The summed E-state index contributed by atoms with van der Waals surface area (Å²) < 4.78 is 0. The molecule has 0 radical (unpaired) electrons. The lowest BCUT2D eigenvalue weighted by Gasteiger charge is -2.63. The van der Waals surface area contributed by atoms with E-state index < -0.39 is 0 Å². The van der Waals surface area contributed by atoms with Gasteiger partial charge in [-0.2, -0.15) is 0 Å². The second-order valence-corrected chi connectivity index (χ2v) is 12.1. The smallest absolute Gasteiger partial charge is 0.153 e. The molecule has 4 aliphatic rings. The first-order valence-electron chi connectivity index (χ1n) is 12.8. The zero-order valence-corrected chi connectivity index (χ0v) is 20.7. The van der Waals surface area contributed by atoms with Gasteiger partial charge in [-0.15, -0.1) is 0 Å². The summed E-state index contributed by atoms with van der Waals surface area (Å²) >= 11 is 0. The minimum atomic E-state index is -0.0313. The Morgan fingerprint density at radius 2 is 1.12 bits per heavy atom. The highest BCUT2D eigenvalue weighted by molar-refractivity contribution is 5.81. The van der Waals surface area contributed by atoms with Gasteiger partial charge in [0.2, 0.25) is 0 Å². The number of benzene rings is 2. The molecule has 4 heteroatoms. The largest absolute Gasteiger partial charge is 0.507 e. The molecule has 2 N–H and O–H groups in total. The van der Waals surface area contributed by atoms with E-state index in [0.29, 0.717) is 23.0 Å². The molecule has 4 fully saturated rings. The normalized spacial score (nSPS) is 29.7. The van der Waals surface area contributed by atoms with Crippen molar-refractivity contribution in [1.82, 2.24) is 0 Å². The molecule has 4 bridgehead atoms. The van der Waals surface area contributed by atoms with Crippen LogP contribution in [0.4, 0.5) is 0 Å². The van der Waals surface area contributed by atoms with Gasteiger partial charge in [-0.25, -0.2) is 0 Å². The Kier molecular flexibility index (Phi) is 5.42. The predicted octanol–water partition coefficient (Wildman–Crippen LogP) is 6.76. The maximum atomic E-state index is 11.9. The Bertz CT molecular complexity index is 1060. The first-order valence-corrected chi connectivity index (χ1v) is 12.8. The van der Waals surface area contributed by atoms with Crippen LogP contribution in [0, 0.1) is 11.8 Å². The lowest BCUT2D eigenvalue weighted by molar-refractivity contribution is -0.0282. The first-order chi connectivity index (χ1) is 16.1. The quantitative estimate of drug-likeness (QED) is 0.467. The van der Waals surface area contributed by atoms with Crippen molar-refractivity contribution < 1.29 is 19.8 Å². The van der Waals surface area contributed by atoms with Gasteiger partial charge in [0, 0.05) is 0 Å². The van der Waals surface area contributed by atoms with Gasteiger partial charge in [-0.1, -0.05) is 39.8 Å². The van der Waals surface area contributed by atoms with Crippen LogP contribution in [0.15, 0.2) is 24.3 Å². The first kappa shape index (κ1) is 23.1. The van der Waals surface area contributed by atoms with Gasteiger partial charge in [0.1, 0.15) is 11.5 Å². The fourth-order valence-corrected chi connectivity index (χ4v) is 7.97. The molecule has 4 aliphatic carbocycles. The Morgan fingerprint density at radius 1 is 0.735 bits per heavy atom. The fraction of sp³-hybridized carbons (Fsp3) is 0.533. The highest BCUT2D eigenvalue weighted by Crippen LogP contribution is 2.66. The number of carbonyl (C=O) groups is 2. The van der Waals surface area contributed by atoms with E-state index in [2.05, 4.69) is 39.8 Å². The number of aldehydes is 2. The molecular formula is C30H36O4. The summed E-state index contributed by atoms with van der Waals surface area (Å²) in [6, 6.07) is 8.17. The van der Waals surface area contributed by atoms with E-state index in [1.165, 1.54) is 17.5 Å². The van der Waals surface area contributed by atoms with Gasteiger partial charge in [-0.05, 0) is 107 Å². The van der Waals surface area contributed by atoms with E-state index in [-0.39, 0.29) is 34.2 Å². The van der Waals surface area contributed by atoms with Gasteiger partial charge in [0.15, 0.2) is 12.6 Å². The summed E-state index contributed by atoms with van der Waals surface area (Å²) in [4.78, 5) is 23.7. The third kappa shape index (κ3) is 3.40. The van der Waals surface area contributed by atoms with Crippen LogP contribution in [0.25, 0.3) is 0 Å². The van der Waals surface area contributed by atoms with Gasteiger partial charge in [0.25, 0.3) is 0 Å². The summed E-state index contributed by atoms with van der Waals surface area (Å²) in [6.07, 6.45) is 8.24. The van der Waals surface area contributed by atoms with Crippen LogP contribution in [-0.4, -0.2) is 22.8 Å². The van der Waals surface area contributed by atoms with Crippen LogP contribution in [0.3, 0.4) is 0 Å². The molecule has 4 nitrogen and oxygen atoms in total. The summed E-state index contributed by atoms with van der Waals surface area (Å²) in [5, 5.41) is 21.3. The summed E-state index contributed by atoms with van der Waals surface area (Å²) in [5.41, 5.74) is 4.79. The highest BCUT2D eigenvalue weighted by Gasteiger charge is 2.59. The molecule has 0 saturated heterocycles. The second kappa shape index (κ2) is 7.96. The standard InChI is InChI=1S/C30H36O4/c1-17(2)25-8-23(6-21(14-31)27(25)33)29-10-19-5-20(11-29)13-30(12-19,16-29)24-7-22(15-32)28(34)26(9-24)18(3)4/h6-9,14-15,17-20,33-34H,5,10-13,16H2,1-4H3. The lowest BCUT2D eigenvalue weighted by Crippen LogP contribution is -2.56. The van der Waals surface area contributed by atoms with Gasteiger partial charge in [0.05, 0.1) is 11.1 Å². The Morgan fingerprint density at radius 3 is 1.44 bits per heavy atom. The average Bonchev–Trinajstić information content (AvgIpc) is 2.77. The molecule has 2 aromatic carbocycles. The van der Waals surface area contributed by atoms with Crippen molar-refractivity contribution >= 4 is 12.6 Å². The zero-order valence-electron chi connectivity index (χ0n) is 20.7. The molecule has 6 rings (SSSR count). The number of aromatic hydroxyl groups is 2. The average molecular weight is 461 g/mol. The second-order valence-electron chi connectivity index (χ2n) is 12.1. The minimum Gasteiger partial charge on any atom is -0.507 e. The van der Waals surface area contributed by atoms with E-state index >= 15 is 0 Å². The molecule has 0 aliphatic heterocycles. The fourth-order valence-electron chi connectivity index (χ4n) is 7.97. The molecule has 180 valence electrons. The molecule has 0 unspecified atom stereocenters. The van der Waals surface area contributed by atoms with Gasteiger partial charge in [-0.3, -0.25) is 9.59 Å². The van der Waals surface area contributed by atoms with E-state index in [4.69, 9.17) is 0 Å². The Hall–Kier alpha value is -2.62. The van der Waals surface area contributed by atoms with E-state index in [0.717, 1.165) is 55.8 Å². The number of hydrogen-bond donors (Lipinski definition) is 2. The monoisotopic (exact) mass is 460 g/mol. The zero-order chi connectivity index (χ0) is 24.4. The molecule has 0 aromatic heterocycles. The van der Waals surface area contributed by atoms with Crippen molar-refractivity contribution in [2.45, 2.75) is 88.9 Å². The molecule has 34 heavy (non-hydrogen) atoms. The third-order valence-electron chi connectivity index (χ3n) is 9.12. The Labute approximate surface area is 202 Å². The molecule has 0 atom stereocenters.